The molecule has 0 saturated heterocycles. The molecule has 1 atom stereocenters. The normalized spacial score (nSPS) is 12.5. The number of nitrogens with zero attached hydrogens (tertiary/aromatic N) is 2. The fourth-order valence-corrected chi connectivity index (χ4v) is 1.57. The first-order valence-electron chi connectivity index (χ1n) is 5.06. The van der Waals surface area contributed by atoms with Crippen molar-refractivity contribution in [3.05, 3.63) is 34.6 Å². The average molecular weight is 241 g/mol. The molecule has 0 amide bonds. The third-order valence-corrected chi connectivity index (χ3v) is 3.01. The SMILES string of the molecule is CC(CC#N)N(C)Cc1cccc(F)c1Cl. The quantitative estimate of drug-likeness (QED) is 0.808. The van der Waals surface area contributed by atoms with Crippen LogP contribution in [0.4, 0.5) is 4.39 Å². The molecule has 0 aliphatic carbocycles. The minimum Gasteiger partial charge on any atom is -0.298 e. The topological polar surface area (TPSA) is 27.0 Å². The van der Waals surface area contributed by atoms with Crippen LogP contribution in [0.1, 0.15) is 18.9 Å². The van der Waals surface area contributed by atoms with E-state index in [9.17, 15) is 4.39 Å². The maximum Gasteiger partial charge on any atom is 0.142 e. The third kappa shape index (κ3) is 3.19. The zero-order valence-corrected chi connectivity index (χ0v) is 10.1. The summed E-state index contributed by atoms with van der Waals surface area (Å²) in [6, 6.07) is 7.01. The first-order valence-corrected chi connectivity index (χ1v) is 5.44. The predicted molar refractivity (Wildman–Crippen MR) is 62.6 cm³/mol. The molecule has 86 valence electrons. The van der Waals surface area contributed by atoms with Crippen LogP contribution in [-0.4, -0.2) is 18.0 Å². The van der Waals surface area contributed by atoms with Gasteiger partial charge in [-0.05, 0) is 25.6 Å². The summed E-state index contributed by atoms with van der Waals surface area (Å²) >= 11 is 5.85. The maximum atomic E-state index is 13.2. The van der Waals surface area contributed by atoms with E-state index in [1.807, 2.05) is 18.9 Å². The van der Waals surface area contributed by atoms with Crippen LogP contribution in [0.25, 0.3) is 0 Å². The zero-order chi connectivity index (χ0) is 12.1. The highest BCUT2D eigenvalue weighted by Gasteiger charge is 2.12. The summed E-state index contributed by atoms with van der Waals surface area (Å²) in [6.07, 6.45) is 0.448. The van der Waals surface area contributed by atoms with Gasteiger partial charge in [-0.3, -0.25) is 4.90 Å². The van der Waals surface area contributed by atoms with Gasteiger partial charge in [0.15, 0.2) is 0 Å². The molecule has 0 spiro atoms. The Morgan fingerprint density at radius 1 is 1.56 bits per heavy atom. The average Bonchev–Trinajstić information content (AvgIpc) is 2.25. The van der Waals surface area contributed by atoms with Crippen molar-refractivity contribution in [3.63, 3.8) is 0 Å². The van der Waals surface area contributed by atoms with Crippen LogP contribution in [-0.2, 0) is 6.54 Å². The number of hydrogen-bond acceptors (Lipinski definition) is 2. The monoisotopic (exact) mass is 240 g/mol. The van der Waals surface area contributed by atoms with Gasteiger partial charge in [-0.25, -0.2) is 4.39 Å². The van der Waals surface area contributed by atoms with Crippen LogP contribution < -0.4 is 0 Å². The molecule has 2 nitrogen and oxygen atoms in total. The van der Waals surface area contributed by atoms with Gasteiger partial charge in [0.2, 0.25) is 0 Å². The van der Waals surface area contributed by atoms with Crippen molar-refractivity contribution in [1.29, 1.82) is 5.26 Å². The standard InChI is InChI=1S/C12H14ClFN2/c1-9(6-7-15)16(2)8-10-4-3-5-11(14)12(10)13/h3-5,9H,6,8H2,1-2H3. The third-order valence-electron chi connectivity index (χ3n) is 2.59. The number of nitriles is 1. The fourth-order valence-electron chi connectivity index (χ4n) is 1.38. The molecule has 0 heterocycles. The lowest BCUT2D eigenvalue weighted by atomic mass is 10.1. The van der Waals surface area contributed by atoms with Crippen LogP contribution in [0.15, 0.2) is 18.2 Å². The van der Waals surface area contributed by atoms with Gasteiger partial charge in [0.25, 0.3) is 0 Å². The van der Waals surface area contributed by atoms with E-state index in [1.54, 1.807) is 12.1 Å². The lowest BCUT2D eigenvalue weighted by Gasteiger charge is -2.23. The molecular formula is C12H14ClFN2. The number of benzene rings is 1. The maximum absolute atomic E-state index is 13.2. The molecule has 0 N–H and O–H groups in total. The Balaban J connectivity index is 2.74. The molecule has 1 aromatic rings. The molecule has 0 aromatic heterocycles. The van der Waals surface area contributed by atoms with Gasteiger partial charge in [0.1, 0.15) is 5.82 Å². The molecule has 0 aliphatic rings. The van der Waals surface area contributed by atoms with E-state index in [0.717, 1.165) is 5.56 Å². The van der Waals surface area contributed by atoms with E-state index in [4.69, 9.17) is 16.9 Å². The van der Waals surface area contributed by atoms with Gasteiger partial charge < -0.3 is 0 Å². The number of halogens is 2. The molecule has 1 rings (SSSR count). The van der Waals surface area contributed by atoms with E-state index in [1.165, 1.54) is 6.07 Å². The largest absolute Gasteiger partial charge is 0.298 e. The van der Waals surface area contributed by atoms with Crippen molar-refractivity contribution in [1.82, 2.24) is 4.90 Å². The summed E-state index contributed by atoms with van der Waals surface area (Å²) in [4.78, 5) is 1.98. The number of hydrogen-bond donors (Lipinski definition) is 0. The van der Waals surface area contributed by atoms with Crippen molar-refractivity contribution >= 4 is 11.6 Å². The minimum atomic E-state index is -0.402. The van der Waals surface area contributed by atoms with Crippen molar-refractivity contribution < 1.29 is 4.39 Å². The molecule has 4 heteroatoms. The van der Waals surface area contributed by atoms with E-state index >= 15 is 0 Å². The Morgan fingerprint density at radius 3 is 2.88 bits per heavy atom. The molecule has 0 fully saturated rings. The fraction of sp³-hybridized carbons (Fsp3) is 0.417. The highest BCUT2D eigenvalue weighted by molar-refractivity contribution is 6.31. The van der Waals surface area contributed by atoms with E-state index in [-0.39, 0.29) is 11.1 Å². The van der Waals surface area contributed by atoms with Gasteiger partial charge in [0.05, 0.1) is 17.5 Å². The molecule has 0 bridgehead atoms. The molecule has 16 heavy (non-hydrogen) atoms. The van der Waals surface area contributed by atoms with Gasteiger partial charge in [0, 0.05) is 12.6 Å². The van der Waals surface area contributed by atoms with Crippen LogP contribution >= 0.6 is 11.6 Å². The number of rotatable bonds is 4. The van der Waals surface area contributed by atoms with E-state index in [0.29, 0.717) is 13.0 Å². The van der Waals surface area contributed by atoms with Crippen LogP contribution in [0.2, 0.25) is 5.02 Å². The van der Waals surface area contributed by atoms with Crippen LogP contribution in [0.3, 0.4) is 0 Å². The van der Waals surface area contributed by atoms with Crippen molar-refractivity contribution in [2.75, 3.05) is 7.05 Å². The molecular weight excluding hydrogens is 227 g/mol. The highest BCUT2D eigenvalue weighted by atomic mass is 35.5. The Labute approximate surface area is 100 Å². The smallest absolute Gasteiger partial charge is 0.142 e. The Kier molecular flexibility index (Phi) is 4.72. The summed E-state index contributed by atoms with van der Waals surface area (Å²) in [5.41, 5.74) is 0.744. The van der Waals surface area contributed by atoms with Crippen molar-refractivity contribution in [2.24, 2.45) is 0 Å². The Bertz CT molecular complexity index is 400. The van der Waals surface area contributed by atoms with Gasteiger partial charge in [-0.1, -0.05) is 23.7 Å². The molecule has 1 aromatic carbocycles. The summed E-state index contributed by atoms with van der Waals surface area (Å²) in [6.45, 7) is 2.50. The zero-order valence-electron chi connectivity index (χ0n) is 9.37. The molecule has 0 aliphatic heterocycles. The van der Waals surface area contributed by atoms with Crippen LogP contribution in [0, 0.1) is 17.1 Å². The summed E-state index contributed by atoms with van der Waals surface area (Å²) in [5.74, 6) is -0.402. The van der Waals surface area contributed by atoms with Gasteiger partial charge >= 0.3 is 0 Å². The lowest BCUT2D eigenvalue weighted by Crippen LogP contribution is -2.28. The predicted octanol–water partition coefficient (Wildman–Crippen LogP) is 3.21. The summed E-state index contributed by atoms with van der Waals surface area (Å²) < 4.78 is 13.2. The summed E-state index contributed by atoms with van der Waals surface area (Å²) in [5, 5.41) is 8.75. The highest BCUT2D eigenvalue weighted by Crippen LogP contribution is 2.21. The van der Waals surface area contributed by atoms with Crippen LogP contribution in [0.5, 0.6) is 0 Å². The summed E-state index contributed by atoms with van der Waals surface area (Å²) in [7, 11) is 1.89. The second-order valence-electron chi connectivity index (χ2n) is 3.84. The lowest BCUT2D eigenvalue weighted by molar-refractivity contribution is 0.252. The van der Waals surface area contributed by atoms with Crippen molar-refractivity contribution in [3.8, 4) is 6.07 Å². The van der Waals surface area contributed by atoms with E-state index < -0.39 is 5.82 Å². The van der Waals surface area contributed by atoms with Crippen molar-refractivity contribution in [2.45, 2.75) is 25.9 Å². The molecule has 1 unspecified atom stereocenters. The Morgan fingerprint density at radius 2 is 2.25 bits per heavy atom. The molecule has 0 radical (unpaired) electrons. The second kappa shape index (κ2) is 5.83. The second-order valence-corrected chi connectivity index (χ2v) is 4.22. The van der Waals surface area contributed by atoms with E-state index in [2.05, 4.69) is 6.07 Å². The first kappa shape index (κ1) is 13.0. The Hall–Kier alpha value is -1.11. The molecule has 0 saturated carbocycles. The first-order chi connectivity index (χ1) is 7.56. The van der Waals surface area contributed by atoms with Gasteiger partial charge in [-0.2, -0.15) is 5.26 Å². The minimum absolute atomic E-state index is 0.129. The van der Waals surface area contributed by atoms with Gasteiger partial charge in [-0.15, -0.1) is 0 Å².